The van der Waals surface area contributed by atoms with E-state index in [1.165, 1.54) is 19.2 Å². The average Bonchev–Trinajstić information content (AvgIpc) is 2.46. The number of ether oxygens (including phenoxy) is 1. The molecule has 0 atom stereocenters. The minimum atomic E-state index is -0.378. The molecule has 2 aromatic rings. The van der Waals surface area contributed by atoms with Gasteiger partial charge in [0.2, 0.25) is 0 Å². The number of H-pyrrole nitrogens is 1. The highest BCUT2D eigenvalue weighted by molar-refractivity contribution is 5.69. The normalized spacial score (nSPS) is 10.4. The first-order valence-corrected chi connectivity index (χ1v) is 6.44. The number of hydrogen-bond acceptors (Lipinski definition) is 4. The molecule has 6 heteroatoms. The highest BCUT2D eigenvalue weighted by Crippen LogP contribution is 2.15. The van der Waals surface area contributed by atoms with Crippen molar-refractivity contribution in [3.63, 3.8) is 0 Å². The fourth-order valence-electron chi connectivity index (χ4n) is 1.98. The van der Waals surface area contributed by atoms with Gasteiger partial charge in [0.1, 0.15) is 11.6 Å². The number of nitrogens with zero attached hydrogens (tertiary/aromatic N) is 1. The van der Waals surface area contributed by atoms with Crippen LogP contribution in [0, 0.1) is 12.7 Å². The van der Waals surface area contributed by atoms with Crippen molar-refractivity contribution in [3.05, 3.63) is 51.7 Å². The van der Waals surface area contributed by atoms with Gasteiger partial charge in [-0.3, -0.25) is 9.59 Å². The Morgan fingerprint density at radius 3 is 2.57 bits per heavy atom. The van der Waals surface area contributed by atoms with Crippen molar-refractivity contribution in [1.29, 1.82) is 0 Å². The molecule has 1 N–H and O–H groups in total. The Balaban J connectivity index is 2.30. The molecule has 0 aliphatic heterocycles. The first kappa shape index (κ1) is 14.9. The lowest BCUT2D eigenvalue weighted by Gasteiger charge is -2.07. The molecule has 1 heterocycles. The summed E-state index contributed by atoms with van der Waals surface area (Å²) in [4.78, 5) is 30.2. The highest BCUT2D eigenvalue weighted by Gasteiger charge is 2.11. The van der Waals surface area contributed by atoms with Crippen LogP contribution in [0.25, 0.3) is 11.4 Å². The summed E-state index contributed by atoms with van der Waals surface area (Å²) in [5.41, 5.74) is 1.31. The molecule has 0 unspecified atom stereocenters. The zero-order valence-corrected chi connectivity index (χ0v) is 11.8. The van der Waals surface area contributed by atoms with E-state index in [0.717, 1.165) is 0 Å². The number of halogens is 1. The van der Waals surface area contributed by atoms with Crippen molar-refractivity contribution in [3.8, 4) is 11.4 Å². The molecule has 5 nitrogen and oxygen atoms in total. The molecule has 1 aromatic carbocycles. The number of hydrogen-bond donors (Lipinski definition) is 1. The molecule has 0 saturated carbocycles. The van der Waals surface area contributed by atoms with Crippen molar-refractivity contribution in [1.82, 2.24) is 9.97 Å². The quantitative estimate of drug-likeness (QED) is 0.874. The summed E-state index contributed by atoms with van der Waals surface area (Å²) in [6, 6.07) is 5.69. The minimum Gasteiger partial charge on any atom is -0.469 e. The van der Waals surface area contributed by atoms with Crippen LogP contribution < -0.4 is 5.56 Å². The third-order valence-electron chi connectivity index (χ3n) is 3.15. The van der Waals surface area contributed by atoms with Crippen molar-refractivity contribution in [2.75, 3.05) is 7.11 Å². The predicted molar refractivity (Wildman–Crippen MR) is 75.3 cm³/mol. The summed E-state index contributed by atoms with van der Waals surface area (Å²) in [5, 5.41) is 0. The van der Waals surface area contributed by atoms with Crippen molar-refractivity contribution >= 4 is 5.97 Å². The largest absolute Gasteiger partial charge is 0.469 e. The molecule has 0 aliphatic rings. The Kier molecular flexibility index (Phi) is 4.47. The predicted octanol–water partition coefficient (Wildman–Crippen LogP) is 1.99. The van der Waals surface area contributed by atoms with Gasteiger partial charge in [-0.25, -0.2) is 9.37 Å². The van der Waals surface area contributed by atoms with E-state index >= 15 is 0 Å². The second kappa shape index (κ2) is 6.30. The van der Waals surface area contributed by atoms with E-state index in [-0.39, 0.29) is 30.2 Å². The number of methoxy groups -OCH3 is 1. The number of rotatable bonds is 4. The van der Waals surface area contributed by atoms with E-state index < -0.39 is 0 Å². The number of esters is 1. The Morgan fingerprint density at radius 2 is 2.00 bits per heavy atom. The molecule has 0 bridgehead atoms. The number of nitrogens with one attached hydrogen (secondary N) is 1. The van der Waals surface area contributed by atoms with Gasteiger partial charge in [0.25, 0.3) is 5.56 Å². The molecule has 0 aliphatic carbocycles. The second-order valence-corrected chi connectivity index (χ2v) is 4.56. The number of benzene rings is 1. The Morgan fingerprint density at radius 1 is 1.33 bits per heavy atom. The SMILES string of the molecule is COC(=O)CCc1c(C)nc(-c2ccc(F)cc2)[nH]c1=O. The van der Waals surface area contributed by atoms with Gasteiger partial charge in [0.15, 0.2) is 0 Å². The van der Waals surface area contributed by atoms with E-state index in [9.17, 15) is 14.0 Å². The van der Waals surface area contributed by atoms with Crippen molar-refractivity contribution in [2.24, 2.45) is 0 Å². The molecular weight excluding hydrogens is 275 g/mol. The van der Waals surface area contributed by atoms with Crippen LogP contribution in [0.5, 0.6) is 0 Å². The van der Waals surface area contributed by atoms with Gasteiger partial charge in [-0.1, -0.05) is 0 Å². The fraction of sp³-hybridized carbons (Fsp3) is 0.267. The fourth-order valence-corrected chi connectivity index (χ4v) is 1.98. The Hall–Kier alpha value is -2.50. The van der Waals surface area contributed by atoms with E-state index in [2.05, 4.69) is 14.7 Å². The summed E-state index contributed by atoms with van der Waals surface area (Å²) in [6.45, 7) is 1.70. The van der Waals surface area contributed by atoms with Crippen LogP contribution in [0.1, 0.15) is 17.7 Å². The lowest BCUT2D eigenvalue weighted by molar-refractivity contribution is -0.140. The molecule has 0 saturated heterocycles. The maximum Gasteiger partial charge on any atom is 0.305 e. The standard InChI is InChI=1S/C15H15FN2O3/c1-9-12(7-8-13(19)21-2)15(20)18-14(17-9)10-3-5-11(16)6-4-10/h3-6H,7-8H2,1-2H3,(H,17,18,20). The van der Waals surface area contributed by atoms with E-state index in [4.69, 9.17) is 0 Å². The summed E-state index contributed by atoms with van der Waals surface area (Å²) in [5.74, 6) is -0.358. The zero-order chi connectivity index (χ0) is 15.4. The second-order valence-electron chi connectivity index (χ2n) is 4.56. The third-order valence-corrected chi connectivity index (χ3v) is 3.15. The van der Waals surface area contributed by atoms with Crippen molar-refractivity contribution in [2.45, 2.75) is 19.8 Å². The summed E-state index contributed by atoms with van der Waals surface area (Å²) in [7, 11) is 1.30. The maximum atomic E-state index is 12.9. The molecule has 0 spiro atoms. The van der Waals surface area contributed by atoms with Crippen LogP contribution in [0.15, 0.2) is 29.1 Å². The van der Waals surface area contributed by atoms with Gasteiger partial charge < -0.3 is 9.72 Å². The Bertz CT molecular complexity index is 708. The number of aromatic amines is 1. The van der Waals surface area contributed by atoms with Crippen LogP contribution in [0.4, 0.5) is 4.39 Å². The summed E-state index contributed by atoms with van der Waals surface area (Å²) in [6.07, 6.45) is 0.391. The number of aromatic nitrogens is 2. The van der Waals surface area contributed by atoms with Crippen LogP contribution in [-0.2, 0) is 16.0 Å². The molecule has 0 radical (unpaired) electrons. The van der Waals surface area contributed by atoms with E-state index in [1.54, 1.807) is 19.1 Å². The van der Waals surface area contributed by atoms with E-state index in [1.807, 2.05) is 0 Å². The molecule has 110 valence electrons. The first-order valence-electron chi connectivity index (χ1n) is 6.44. The topological polar surface area (TPSA) is 72.0 Å². The molecular formula is C15H15FN2O3. The lowest BCUT2D eigenvalue weighted by atomic mass is 10.1. The monoisotopic (exact) mass is 290 g/mol. The van der Waals surface area contributed by atoms with Crippen LogP contribution in [0.2, 0.25) is 0 Å². The van der Waals surface area contributed by atoms with Crippen molar-refractivity contribution < 1.29 is 13.9 Å². The van der Waals surface area contributed by atoms with Crippen LogP contribution in [0.3, 0.4) is 0 Å². The summed E-state index contributed by atoms with van der Waals surface area (Å²) >= 11 is 0. The van der Waals surface area contributed by atoms with E-state index in [0.29, 0.717) is 22.6 Å². The number of carbonyl (C=O) groups is 1. The van der Waals surface area contributed by atoms with Gasteiger partial charge in [-0.15, -0.1) is 0 Å². The number of aryl methyl sites for hydroxylation is 1. The third kappa shape index (κ3) is 3.53. The lowest BCUT2D eigenvalue weighted by Crippen LogP contribution is -2.18. The molecule has 1 aromatic heterocycles. The van der Waals surface area contributed by atoms with Gasteiger partial charge in [-0.2, -0.15) is 0 Å². The van der Waals surface area contributed by atoms with Crippen LogP contribution >= 0.6 is 0 Å². The zero-order valence-electron chi connectivity index (χ0n) is 11.8. The maximum absolute atomic E-state index is 12.9. The molecule has 0 fully saturated rings. The Labute approximate surface area is 120 Å². The van der Waals surface area contributed by atoms with Gasteiger partial charge in [0.05, 0.1) is 7.11 Å². The average molecular weight is 290 g/mol. The molecule has 0 amide bonds. The van der Waals surface area contributed by atoms with Gasteiger partial charge in [-0.05, 0) is 37.6 Å². The molecule has 2 rings (SSSR count). The summed E-state index contributed by atoms with van der Waals surface area (Å²) < 4.78 is 17.4. The minimum absolute atomic E-state index is 0.123. The smallest absolute Gasteiger partial charge is 0.305 e. The van der Waals surface area contributed by atoms with Crippen LogP contribution in [-0.4, -0.2) is 23.0 Å². The molecule has 21 heavy (non-hydrogen) atoms. The van der Waals surface area contributed by atoms with Gasteiger partial charge in [0, 0.05) is 23.2 Å². The number of carbonyl (C=O) groups excluding carboxylic acids is 1. The van der Waals surface area contributed by atoms with Gasteiger partial charge >= 0.3 is 5.97 Å². The highest BCUT2D eigenvalue weighted by atomic mass is 19.1. The first-order chi connectivity index (χ1) is 10.0.